The topological polar surface area (TPSA) is 124 Å². The molecule has 5 rings (SSSR count). The number of benzene rings is 1. The van der Waals surface area contributed by atoms with Gasteiger partial charge in [-0.2, -0.15) is 0 Å². The van der Waals surface area contributed by atoms with Gasteiger partial charge >= 0.3 is 12.0 Å². The standard InChI is InChI=1S/C28H34ClN7O4/c1-16-14-19(17(2)30-21-8-9-22(29)31-24(21)26(38)39)23-20(15-16)25(37)34(4)27(32-23)35-10-12-36(13-11-35)28(40)33(3)18-6-5-7-18/h8-9,14-15,17-18,30H,5-7,10-13H2,1-4H3,(H,38,39)/t17-/m1/s1. The second-order valence-corrected chi connectivity index (χ2v) is 11.1. The van der Waals surface area contributed by atoms with Crippen LogP contribution < -0.4 is 15.8 Å². The third kappa shape index (κ3) is 5.17. The van der Waals surface area contributed by atoms with Crippen molar-refractivity contribution in [3.63, 3.8) is 0 Å². The molecule has 2 aliphatic rings. The summed E-state index contributed by atoms with van der Waals surface area (Å²) in [5.41, 5.74) is 2.16. The van der Waals surface area contributed by atoms with E-state index in [2.05, 4.69) is 10.3 Å². The molecule has 0 radical (unpaired) electrons. The first kappa shape index (κ1) is 27.7. The highest BCUT2D eigenvalue weighted by atomic mass is 35.5. The number of rotatable bonds is 6. The zero-order valence-electron chi connectivity index (χ0n) is 23.1. The van der Waals surface area contributed by atoms with Gasteiger partial charge in [-0.15, -0.1) is 0 Å². The number of piperazine rings is 1. The molecule has 1 saturated heterocycles. The summed E-state index contributed by atoms with van der Waals surface area (Å²) in [6.07, 6.45) is 3.30. The zero-order chi connectivity index (χ0) is 28.7. The Balaban J connectivity index is 1.44. The summed E-state index contributed by atoms with van der Waals surface area (Å²) in [4.78, 5) is 53.0. The molecule has 0 spiro atoms. The van der Waals surface area contributed by atoms with Crippen molar-refractivity contribution in [2.75, 3.05) is 43.4 Å². The second kappa shape index (κ2) is 11.0. The number of amides is 2. The lowest BCUT2D eigenvalue weighted by atomic mass is 9.92. The van der Waals surface area contributed by atoms with E-state index in [0.29, 0.717) is 54.8 Å². The predicted octanol–water partition coefficient (Wildman–Crippen LogP) is 3.89. The number of hydrogen-bond acceptors (Lipinski definition) is 7. The van der Waals surface area contributed by atoms with Gasteiger partial charge < -0.3 is 25.1 Å². The Labute approximate surface area is 237 Å². The number of aryl methyl sites for hydroxylation is 1. The molecule has 11 nitrogen and oxygen atoms in total. The average Bonchev–Trinajstić information content (AvgIpc) is 2.90. The number of carbonyl (C=O) groups is 2. The van der Waals surface area contributed by atoms with Gasteiger partial charge in [0, 0.05) is 51.9 Å². The molecule has 3 heterocycles. The fraction of sp³-hybridized carbons (Fsp3) is 0.464. The van der Waals surface area contributed by atoms with Crippen LogP contribution in [0.4, 0.5) is 16.4 Å². The number of aromatic carboxylic acids is 1. The molecule has 1 aliphatic carbocycles. The van der Waals surface area contributed by atoms with E-state index in [1.54, 1.807) is 17.7 Å². The van der Waals surface area contributed by atoms with Gasteiger partial charge in [-0.1, -0.05) is 17.7 Å². The van der Waals surface area contributed by atoms with Crippen molar-refractivity contribution in [3.8, 4) is 0 Å². The predicted molar refractivity (Wildman–Crippen MR) is 155 cm³/mol. The average molecular weight is 568 g/mol. The van der Waals surface area contributed by atoms with Crippen molar-refractivity contribution in [2.24, 2.45) is 7.05 Å². The van der Waals surface area contributed by atoms with Gasteiger partial charge in [0.2, 0.25) is 5.95 Å². The highest BCUT2D eigenvalue weighted by Crippen LogP contribution is 2.30. The number of hydrogen-bond donors (Lipinski definition) is 2. The summed E-state index contributed by atoms with van der Waals surface area (Å²) in [6.45, 7) is 6.00. The molecule has 0 unspecified atom stereocenters. The molecule has 1 atom stereocenters. The van der Waals surface area contributed by atoms with Crippen molar-refractivity contribution in [1.82, 2.24) is 24.3 Å². The molecule has 2 fully saturated rings. The Morgan fingerprint density at radius 2 is 1.85 bits per heavy atom. The molecule has 0 bridgehead atoms. The molecule has 212 valence electrons. The van der Waals surface area contributed by atoms with E-state index in [0.717, 1.165) is 24.0 Å². The van der Waals surface area contributed by atoms with Gasteiger partial charge in [0.25, 0.3) is 5.56 Å². The SMILES string of the molecule is Cc1cc([C@@H](C)Nc2ccc(Cl)nc2C(=O)O)c2nc(N3CCN(C(=O)N(C)C4CCC4)CC3)n(C)c(=O)c2c1. The lowest BCUT2D eigenvalue weighted by Gasteiger charge is -2.41. The molecular formula is C28H34ClN7O4. The minimum atomic E-state index is -1.20. The molecule has 40 heavy (non-hydrogen) atoms. The first-order chi connectivity index (χ1) is 19.0. The maximum Gasteiger partial charge on any atom is 0.356 e. The van der Waals surface area contributed by atoms with Crippen molar-refractivity contribution in [1.29, 1.82) is 0 Å². The summed E-state index contributed by atoms with van der Waals surface area (Å²) in [6, 6.07) is 6.87. The fourth-order valence-corrected chi connectivity index (χ4v) is 5.58. The Hall–Kier alpha value is -3.86. The second-order valence-electron chi connectivity index (χ2n) is 10.7. The zero-order valence-corrected chi connectivity index (χ0v) is 23.9. The molecule has 1 aliphatic heterocycles. The summed E-state index contributed by atoms with van der Waals surface area (Å²) in [7, 11) is 3.60. The first-order valence-electron chi connectivity index (χ1n) is 13.5. The summed E-state index contributed by atoms with van der Waals surface area (Å²) in [5, 5.41) is 13.4. The number of nitrogens with one attached hydrogen (secondary N) is 1. The number of halogens is 1. The number of fused-ring (bicyclic) bond motifs is 1. The third-order valence-corrected chi connectivity index (χ3v) is 8.20. The number of urea groups is 1. The molecular weight excluding hydrogens is 534 g/mol. The number of carboxylic acid groups (broad SMARTS) is 1. The Kier molecular flexibility index (Phi) is 7.59. The van der Waals surface area contributed by atoms with Crippen LogP contribution in [0.15, 0.2) is 29.1 Å². The minimum absolute atomic E-state index is 0.0554. The van der Waals surface area contributed by atoms with Gasteiger partial charge in [0.05, 0.1) is 22.6 Å². The molecule has 12 heteroatoms. The number of aromatic nitrogens is 3. The number of nitrogens with zero attached hydrogens (tertiary/aromatic N) is 6. The summed E-state index contributed by atoms with van der Waals surface area (Å²) < 4.78 is 1.56. The van der Waals surface area contributed by atoms with Crippen molar-refractivity contribution < 1.29 is 14.7 Å². The molecule has 1 aromatic carbocycles. The van der Waals surface area contributed by atoms with Crippen LogP contribution in [0.2, 0.25) is 5.15 Å². The van der Waals surface area contributed by atoms with Crippen molar-refractivity contribution >= 4 is 46.1 Å². The van der Waals surface area contributed by atoms with E-state index in [9.17, 15) is 19.5 Å². The van der Waals surface area contributed by atoms with E-state index in [1.165, 1.54) is 12.5 Å². The molecule has 3 aromatic rings. The number of anilines is 2. The summed E-state index contributed by atoms with van der Waals surface area (Å²) in [5.74, 6) is -0.661. The van der Waals surface area contributed by atoms with Crippen LogP contribution in [0.1, 0.15) is 53.8 Å². The van der Waals surface area contributed by atoms with Crippen molar-refractivity contribution in [2.45, 2.75) is 45.2 Å². The number of pyridine rings is 1. The highest BCUT2D eigenvalue weighted by Gasteiger charge is 2.31. The number of carbonyl (C=O) groups excluding carboxylic acids is 1. The van der Waals surface area contributed by atoms with E-state index >= 15 is 0 Å². The number of carboxylic acids is 1. The first-order valence-corrected chi connectivity index (χ1v) is 13.9. The molecule has 2 aromatic heterocycles. The maximum atomic E-state index is 13.5. The lowest BCUT2D eigenvalue weighted by molar-refractivity contribution is 0.0691. The van der Waals surface area contributed by atoms with Crippen LogP contribution in [0, 0.1) is 6.92 Å². The van der Waals surface area contributed by atoms with Crippen LogP contribution in [0.25, 0.3) is 10.9 Å². The fourth-order valence-electron chi connectivity index (χ4n) is 5.43. The van der Waals surface area contributed by atoms with Crippen LogP contribution in [0.3, 0.4) is 0 Å². The maximum absolute atomic E-state index is 13.5. The van der Waals surface area contributed by atoms with E-state index in [4.69, 9.17) is 16.6 Å². The Morgan fingerprint density at radius 3 is 2.48 bits per heavy atom. The van der Waals surface area contributed by atoms with E-state index in [1.807, 2.05) is 47.7 Å². The van der Waals surface area contributed by atoms with Crippen LogP contribution >= 0.6 is 11.6 Å². The van der Waals surface area contributed by atoms with Gasteiger partial charge in [0.1, 0.15) is 5.15 Å². The quantitative estimate of drug-likeness (QED) is 0.430. The molecule has 2 N–H and O–H groups in total. The summed E-state index contributed by atoms with van der Waals surface area (Å²) >= 11 is 5.92. The Morgan fingerprint density at radius 1 is 1.15 bits per heavy atom. The van der Waals surface area contributed by atoms with E-state index in [-0.39, 0.29) is 22.4 Å². The normalized spacial score (nSPS) is 16.5. The lowest BCUT2D eigenvalue weighted by Crippen LogP contribution is -2.55. The largest absolute Gasteiger partial charge is 0.476 e. The van der Waals surface area contributed by atoms with Crippen LogP contribution in [-0.4, -0.2) is 80.7 Å². The smallest absolute Gasteiger partial charge is 0.356 e. The molecule has 2 amide bonds. The van der Waals surface area contributed by atoms with E-state index < -0.39 is 12.0 Å². The van der Waals surface area contributed by atoms with Gasteiger partial charge in [-0.3, -0.25) is 9.36 Å². The highest BCUT2D eigenvalue weighted by molar-refractivity contribution is 6.29. The van der Waals surface area contributed by atoms with Gasteiger partial charge in [0.15, 0.2) is 5.69 Å². The monoisotopic (exact) mass is 567 g/mol. The van der Waals surface area contributed by atoms with Crippen LogP contribution in [-0.2, 0) is 7.05 Å². The van der Waals surface area contributed by atoms with Crippen LogP contribution in [0.5, 0.6) is 0 Å². The molecule has 1 saturated carbocycles. The van der Waals surface area contributed by atoms with Gasteiger partial charge in [-0.05, 0) is 56.9 Å². The Bertz CT molecular complexity index is 1530. The van der Waals surface area contributed by atoms with Gasteiger partial charge in [-0.25, -0.2) is 19.6 Å². The third-order valence-electron chi connectivity index (χ3n) is 7.99. The minimum Gasteiger partial charge on any atom is -0.476 e. The van der Waals surface area contributed by atoms with Crippen molar-refractivity contribution in [3.05, 3.63) is 56.6 Å².